The van der Waals surface area contributed by atoms with Crippen molar-refractivity contribution in [2.75, 3.05) is 44.2 Å². The number of urea groups is 1. The lowest BCUT2D eigenvalue weighted by Crippen LogP contribution is -3.16. The van der Waals surface area contributed by atoms with E-state index in [0.29, 0.717) is 13.1 Å². The fourth-order valence-electron chi connectivity index (χ4n) is 2.92. The van der Waals surface area contributed by atoms with E-state index in [-0.39, 0.29) is 5.91 Å². The molecule has 126 valence electrons. The number of nitrogens with one attached hydrogen (secondary N) is 3. The van der Waals surface area contributed by atoms with Gasteiger partial charge in [-0.15, -0.1) is 0 Å². The third kappa shape index (κ3) is 4.69. The molecule has 0 aliphatic carbocycles. The average molecular weight is 319 g/mol. The van der Waals surface area contributed by atoms with Crippen LogP contribution in [0, 0.1) is 13.8 Å². The van der Waals surface area contributed by atoms with Crippen molar-refractivity contribution >= 4 is 17.6 Å². The van der Waals surface area contributed by atoms with E-state index in [4.69, 9.17) is 0 Å². The fourth-order valence-corrected chi connectivity index (χ4v) is 2.92. The zero-order valence-corrected chi connectivity index (χ0v) is 14.2. The molecule has 6 heteroatoms. The first-order valence-corrected chi connectivity index (χ1v) is 8.23. The maximum atomic E-state index is 11.8. The van der Waals surface area contributed by atoms with Crippen LogP contribution in [0.25, 0.3) is 0 Å². The van der Waals surface area contributed by atoms with Crippen molar-refractivity contribution in [2.45, 2.75) is 20.8 Å². The van der Waals surface area contributed by atoms with E-state index < -0.39 is 6.03 Å². The Morgan fingerprint density at radius 2 is 1.91 bits per heavy atom. The standard InChI is InChI=1S/C17H26N4O2/c1-4-18-17(23)19-16(22)12-20-8-10-21(11-9-20)15-7-5-6-13(2)14(15)3/h5-7H,4,8-12H2,1-3H3,(H2,18,19,22,23)/p+1. The van der Waals surface area contributed by atoms with Gasteiger partial charge >= 0.3 is 6.03 Å². The molecule has 1 heterocycles. The van der Waals surface area contributed by atoms with Gasteiger partial charge in [0, 0.05) is 12.2 Å². The van der Waals surface area contributed by atoms with Crippen LogP contribution in [0.3, 0.4) is 0 Å². The minimum atomic E-state index is -0.411. The first-order chi connectivity index (χ1) is 11.0. The number of hydrogen-bond donors (Lipinski definition) is 3. The largest absolute Gasteiger partial charge is 0.360 e. The molecule has 2 rings (SSSR count). The number of piperazine rings is 1. The first-order valence-electron chi connectivity index (χ1n) is 8.23. The van der Waals surface area contributed by atoms with Gasteiger partial charge in [0.1, 0.15) is 0 Å². The van der Waals surface area contributed by atoms with Crippen molar-refractivity contribution in [3.63, 3.8) is 0 Å². The van der Waals surface area contributed by atoms with Crippen molar-refractivity contribution in [1.29, 1.82) is 0 Å². The van der Waals surface area contributed by atoms with Crippen molar-refractivity contribution in [2.24, 2.45) is 0 Å². The van der Waals surface area contributed by atoms with Gasteiger partial charge in [-0.1, -0.05) is 12.1 Å². The number of carbonyl (C=O) groups excluding carboxylic acids is 2. The molecule has 1 saturated heterocycles. The average Bonchev–Trinajstić information content (AvgIpc) is 2.51. The molecule has 1 aliphatic heterocycles. The van der Waals surface area contributed by atoms with Gasteiger partial charge in [-0.25, -0.2) is 4.79 Å². The number of nitrogens with zero attached hydrogens (tertiary/aromatic N) is 1. The number of aryl methyl sites for hydroxylation is 1. The number of benzene rings is 1. The number of hydrogen-bond acceptors (Lipinski definition) is 3. The van der Waals surface area contributed by atoms with Gasteiger partial charge in [-0.2, -0.15) is 0 Å². The van der Waals surface area contributed by atoms with Gasteiger partial charge in [0.2, 0.25) is 0 Å². The molecule has 0 radical (unpaired) electrons. The third-order valence-corrected chi connectivity index (χ3v) is 4.39. The van der Waals surface area contributed by atoms with Crippen LogP contribution in [0.1, 0.15) is 18.1 Å². The van der Waals surface area contributed by atoms with Crippen LogP contribution in [0.2, 0.25) is 0 Å². The van der Waals surface area contributed by atoms with Gasteiger partial charge in [0.05, 0.1) is 26.2 Å². The molecule has 0 unspecified atom stereocenters. The highest BCUT2D eigenvalue weighted by molar-refractivity contribution is 5.94. The summed E-state index contributed by atoms with van der Waals surface area (Å²) in [7, 11) is 0. The highest BCUT2D eigenvalue weighted by Gasteiger charge is 2.23. The topological polar surface area (TPSA) is 65.9 Å². The monoisotopic (exact) mass is 319 g/mol. The predicted octanol–water partition coefficient (Wildman–Crippen LogP) is -0.146. The molecule has 0 atom stereocenters. The SMILES string of the molecule is CCNC(=O)NC(=O)C[NH+]1CCN(c2cccc(C)c2C)CC1. The second kappa shape index (κ2) is 7.97. The minimum Gasteiger partial charge on any atom is -0.360 e. The number of anilines is 1. The molecule has 3 amide bonds. The van der Waals surface area contributed by atoms with E-state index in [9.17, 15) is 9.59 Å². The van der Waals surface area contributed by atoms with Gasteiger partial charge in [0.15, 0.2) is 6.54 Å². The van der Waals surface area contributed by atoms with Crippen molar-refractivity contribution in [1.82, 2.24) is 10.6 Å². The Morgan fingerprint density at radius 3 is 2.57 bits per heavy atom. The Labute approximate surface area is 137 Å². The van der Waals surface area contributed by atoms with Crippen LogP contribution in [0.15, 0.2) is 18.2 Å². The normalized spacial score (nSPS) is 15.3. The molecule has 0 aromatic heterocycles. The summed E-state index contributed by atoms with van der Waals surface area (Å²) in [5.41, 5.74) is 3.92. The molecule has 6 nitrogen and oxygen atoms in total. The number of carbonyl (C=O) groups is 2. The molecule has 1 aliphatic rings. The number of amides is 3. The molecule has 0 spiro atoms. The Balaban J connectivity index is 1.83. The van der Waals surface area contributed by atoms with Crippen LogP contribution >= 0.6 is 0 Å². The lowest BCUT2D eigenvalue weighted by atomic mass is 10.1. The summed E-state index contributed by atoms with van der Waals surface area (Å²) in [5.74, 6) is -0.217. The van der Waals surface area contributed by atoms with E-state index in [0.717, 1.165) is 26.2 Å². The highest BCUT2D eigenvalue weighted by atomic mass is 16.2. The molecule has 23 heavy (non-hydrogen) atoms. The summed E-state index contributed by atoms with van der Waals surface area (Å²) < 4.78 is 0. The van der Waals surface area contributed by atoms with E-state index >= 15 is 0 Å². The second-order valence-electron chi connectivity index (χ2n) is 6.04. The molecule has 0 bridgehead atoms. The van der Waals surface area contributed by atoms with Crippen LogP contribution in [0.5, 0.6) is 0 Å². The maximum Gasteiger partial charge on any atom is 0.321 e. The zero-order chi connectivity index (χ0) is 16.8. The molecule has 3 N–H and O–H groups in total. The third-order valence-electron chi connectivity index (χ3n) is 4.39. The summed E-state index contributed by atoms with van der Waals surface area (Å²) in [6, 6.07) is 5.98. The summed E-state index contributed by atoms with van der Waals surface area (Å²) >= 11 is 0. The van der Waals surface area contributed by atoms with E-state index in [2.05, 4.69) is 47.6 Å². The van der Waals surface area contributed by atoms with Crippen LogP contribution < -0.4 is 20.4 Å². The lowest BCUT2D eigenvalue weighted by Gasteiger charge is -2.34. The Bertz CT molecular complexity index is 566. The minimum absolute atomic E-state index is 0.217. The summed E-state index contributed by atoms with van der Waals surface area (Å²) in [4.78, 5) is 26.8. The number of quaternary nitrogens is 1. The van der Waals surface area contributed by atoms with Crippen molar-refractivity contribution in [3.8, 4) is 0 Å². The van der Waals surface area contributed by atoms with E-state index in [1.165, 1.54) is 21.7 Å². The Hall–Kier alpha value is -2.08. The number of rotatable bonds is 4. The summed E-state index contributed by atoms with van der Waals surface area (Å²) in [6.45, 7) is 10.6. The Kier molecular flexibility index (Phi) is 5.98. The second-order valence-corrected chi connectivity index (χ2v) is 6.04. The quantitative estimate of drug-likeness (QED) is 0.723. The van der Waals surface area contributed by atoms with Crippen molar-refractivity contribution < 1.29 is 14.5 Å². The smallest absolute Gasteiger partial charge is 0.321 e. The van der Waals surface area contributed by atoms with Gasteiger partial charge in [0.25, 0.3) is 5.91 Å². The van der Waals surface area contributed by atoms with Crippen LogP contribution in [-0.2, 0) is 4.79 Å². The Morgan fingerprint density at radius 1 is 1.22 bits per heavy atom. The fraction of sp³-hybridized carbons (Fsp3) is 0.529. The van der Waals surface area contributed by atoms with Gasteiger partial charge in [-0.05, 0) is 38.0 Å². The van der Waals surface area contributed by atoms with Crippen LogP contribution in [0.4, 0.5) is 10.5 Å². The summed E-state index contributed by atoms with van der Waals surface area (Å²) in [5, 5.41) is 4.93. The highest BCUT2D eigenvalue weighted by Crippen LogP contribution is 2.22. The molecule has 1 aromatic carbocycles. The van der Waals surface area contributed by atoms with Gasteiger partial charge < -0.3 is 15.1 Å². The summed E-state index contributed by atoms with van der Waals surface area (Å²) in [6.07, 6.45) is 0. The first kappa shape index (κ1) is 17.3. The zero-order valence-electron chi connectivity index (χ0n) is 14.2. The molecular weight excluding hydrogens is 292 g/mol. The molecule has 1 fully saturated rings. The number of imide groups is 1. The predicted molar refractivity (Wildman–Crippen MR) is 90.9 cm³/mol. The van der Waals surface area contributed by atoms with Crippen LogP contribution in [-0.4, -0.2) is 51.2 Å². The molecule has 0 saturated carbocycles. The van der Waals surface area contributed by atoms with E-state index in [1.807, 2.05) is 6.92 Å². The molecular formula is C17H27N4O2+. The molecule has 1 aromatic rings. The van der Waals surface area contributed by atoms with Gasteiger partial charge in [-0.3, -0.25) is 10.1 Å². The lowest BCUT2D eigenvalue weighted by molar-refractivity contribution is -0.892. The van der Waals surface area contributed by atoms with Crippen molar-refractivity contribution in [3.05, 3.63) is 29.3 Å². The maximum absolute atomic E-state index is 11.8. The van der Waals surface area contributed by atoms with E-state index in [1.54, 1.807) is 0 Å².